The number of rotatable bonds is 2. The highest BCUT2D eigenvalue weighted by atomic mass is 32.2. The van der Waals surface area contributed by atoms with Gasteiger partial charge in [0.25, 0.3) is 0 Å². The van der Waals surface area contributed by atoms with Gasteiger partial charge in [-0.2, -0.15) is 17.6 Å². The lowest BCUT2D eigenvalue weighted by molar-refractivity contribution is -0.0892. The molecule has 3 nitrogen and oxygen atoms in total. The van der Waals surface area contributed by atoms with E-state index in [1.165, 1.54) is 17.3 Å². The summed E-state index contributed by atoms with van der Waals surface area (Å²) in [5.41, 5.74) is -0.748. The van der Waals surface area contributed by atoms with Gasteiger partial charge in [-0.3, -0.25) is 0 Å². The number of hydrogen-bond acceptors (Lipinski definition) is 1. The van der Waals surface area contributed by atoms with Crippen LogP contribution < -0.4 is 0 Å². The van der Waals surface area contributed by atoms with E-state index in [1.807, 2.05) is 0 Å². The number of alkyl halides is 3. The average Bonchev–Trinajstić information content (AvgIpc) is 2.23. The van der Waals surface area contributed by atoms with Gasteiger partial charge in [0.2, 0.25) is 0 Å². The highest BCUT2D eigenvalue weighted by Crippen LogP contribution is 2.28. The third-order valence-electron chi connectivity index (χ3n) is 2.06. The van der Waals surface area contributed by atoms with Crippen molar-refractivity contribution in [3.8, 4) is 0 Å². The molecule has 0 bridgehead atoms. The molecule has 0 fully saturated rings. The van der Waals surface area contributed by atoms with Gasteiger partial charge >= 0.3 is 6.18 Å². The van der Waals surface area contributed by atoms with Gasteiger partial charge in [-0.25, -0.2) is 4.21 Å². The summed E-state index contributed by atoms with van der Waals surface area (Å²) in [5, 5.41) is 0. The molecule has 0 N–H and O–H groups in total. The summed E-state index contributed by atoms with van der Waals surface area (Å²) in [4.78, 5) is 1.26. The lowest BCUT2D eigenvalue weighted by Gasteiger charge is -2.20. The van der Waals surface area contributed by atoms with E-state index < -0.39 is 27.5 Å². The third-order valence-corrected chi connectivity index (χ3v) is 3.39. The first kappa shape index (κ1) is 14.9. The lowest BCUT2D eigenvalue weighted by atomic mass is 10.2. The van der Waals surface area contributed by atoms with Crippen molar-refractivity contribution in [1.29, 1.82) is 0 Å². The molecule has 1 aliphatic rings. The average molecular weight is 280 g/mol. The van der Waals surface area contributed by atoms with Crippen LogP contribution in [0, 0.1) is 0 Å². The van der Waals surface area contributed by atoms with Crippen molar-refractivity contribution in [2.45, 2.75) is 31.7 Å². The lowest BCUT2D eigenvalue weighted by Crippen LogP contribution is -2.25. The zero-order chi connectivity index (χ0) is 14.0. The fourth-order valence-corrected chi connectivity index (χ4v) is 1.61. The minimum atomic E-state index is -4.38. The number of allylic oxidation sites excluding steroid dienone is 2. The van der Waals surface area contributed by atoms with E-state index in [0.29, 0.717) is 0 Å². The molecular weight excluding hydrogens is 265 g/mol. The predicted molar refractivity (Wildman–Crippen MR) is 66.4 cm³/mol. The van der Waals surface area contributed by atoms with Gasteiger partial charge in [0.15, 0.2) is 0 Å². The van der Waals surface area contributed by atoms with Crippen LogP contribution in [0.1, 0.15) is 20.8 Å². The molecule has 0 aromatic heterocycles. The van der Waals surface area contributed by atoms with Crippen LogP contribution >= 0.6 is 0 Å². The van der Waals surface area contributed by atoms with E-state index in [0.717, 1.165) is 12.3 Å². The maximum Gasteiger partial charge on any atom is 0.417 e. The number of nitrogens with zero attached hydrogens (tertiary/aromatic N) is 2. The minimum absolute atomic E-state index is 0.282. The summed E-state index contributed by atoms with van der Waals surface area (Å²) in [5.74, 6) is 0. The van der Waals surface area contributed by atoms with E-state index in [-0.39, 0.29) is 6.54 Å². The van der Waals surface area contributed by atoms with Crippen LogP contribution in [-0.2, 0) is 11.0 Å². The Labute approximate surface area is 107 Å². The van der Waals surface area contributed by atoms with E-state index >= 15 is 0 Å². The fourth-order valence-electron chi connectivity index (χ4n) is 1.09. The highest BCUT2D eigenvalue weighted by Gasteiger charge is 2.33. The van der Waals surface area contributed by atoms with Crippen LogP contribution in [0.25, 0.3) is 0 Å². The zero-order valence-corrected chi connectivity index (χ0v) is 11.2. The standard InChI is InChI=1S/C11H15F3N2OS/c1-10(2,3)18(17)15-8-16-6-4-5-9(7-16)11(12,13)14/h4-5,7-8H,6H2,1-3H3/t18-/m0/s1. The molecule has 0 aromatic rings. The molecule has 102 valence electrons. The van der Waals surface area contributed by atoms with Crippen molar-refractivity contribution in [1.82, 2.24) is 4.90 Å². The summed E-state index contributed by atoms with van der Waals surface area (Å²) in [7, 11) is -1.48. The van der Waals surface area contributed by atoms with Crippen molar-refractivity contribution in [3.63, 3.8) is 0 Å². The van der Waals surface area contributed by atoms with E-state index in [2.05, 4.69) is 4.40 Å². The topological polar surface area (TPSA) is 32.7 Å². The second-order valence-corrected chi connectivity index (χ2v) is 6.70. The Morgan fingerprint density at radius 3 is 2.50 bits per heavy atom. The van der Waals surface area contributed by atoms with Gasteiger partial charge < -0.3 is 4.90 Å². The normalized spacial score (nSPS) is 19.2. The molecule has 0 spiro atoms. The monoisotopic (exact) mass is 280 g/mol. The van der Waals surface area contributed by atoms with Gasteiger partial charge in [-0.15, -0.1) is 0 Å². The predicted octanol–water partition coefficient (Wildman–Crippen LogP) is 2.79. The maximum atomic E-state index is 12.5. The maximum absolute atomic E-state index is 12.5. The molecule has 0 amide bonds. The molecule has 0 radical (unpaired) electrons. The summed E-state index contributed by atoms with van der Waals surface area (Å²) in [6.45, 7) is 5.51. The van der Waals surface area contributed by atoms with Gasteiger partial charge in [-0.1, -0.05) is 12.2 Å². The van der Waals surface area contributed by atoms with Gasteiger partial charge in [-0.05, 0) is 20.8 Å². The second kappa shape index (κ2) is 5.26. The third kappa shape index (κ3) is 4.29. The molecular formula is C11H15F3N2OS. The largest absolute Gasteiger partial charge is 0.417 e. The number of hydrogen-bond donors (Lipinski definition) is 0. The summed E-state index contributed by atoms with van der Waals surface area (Å²) >= 11 is 0. The Morgan fingerprint density at radius 1 is 1.39 bits per heavy atom. The molecule has 0 aliphatic carbocycles. The smallest absolute Gasteiger partial charge is 0.334 e. The molecule has 0 unspecified atom stereocenters. The molecule has 1 atom stereocenters. The number of halogens is 3. The molecule has 1 aliphatic heterocycles. The Hall–Kier alpha value is -1.11. The van der Waals surface area contributed by atoms with Crippen molar-refractivity contribution in [2.75, 3.05) is 6.54 Å². The fraction of sp³-hybridized carbons (Fsp3) is 0.545. The van der Waals surface area contributed by atoms with Crippen LogP contribution in [0.15, 0.2) is 28.3 Å². The SMILES string of the molecule is CC(C)(C)[S@](=O)N=CN1C=C(C(F)(F)F)C=CC1. The van der Waals surface area contributed by atoms with Crippen molar-refractivity contribution in [3.05, 3.63) is 23.9 Å². The molecule has 1 heterocycles. The Bertz CT molecular complexity index is 419. The highest BCUT2D eigenvalue weighted by molar-refractivity contribution is 7.85. The first-order valence-electron chi connectivity index (χ1n) is 5.28. The molecule has 0 aromatic carbocycles. The van der Waals surface area contributed by atoms with Crippen LogP contribution in [0.2, 0.25) is 0 Å². The Balaban J connectivity index is 2.77. The van der Waals surface area contributed by atoms with Crippen LogP contribution in [-0.4, -0.2) is 32.9 Å². The minimum Gasteiger partial charge on any atom is -0.334 e. The zero-order valence-electron chi connectivity index (χ0n) is 10.4. The second-order valence-electron chi connectivity index (χ2n) is 4.76. The molecule has 1 rings (SSSR count). The quantitative estimate of drug-likeness (QED) is 0.575. The van der Waals surface area contributed by atoms with E-state index in [1.54, 1.807) is 20.8 Å². The Morgan fingerprint density at radius 2 is 2.00 bits per heavy atom. The molecule has 7 heteroatoms. The van der Waals surface area contributed by atoms with Crippen molar-refractivity contribution in [2.24, 2.45) is 4.40 Å². The molecule has 0 saturated carbocycles. The first-order valence-corrected chi connectivity index (χ1v) is 6.39. The summed E-state index contributed by atoms with van der Waals surface area (Å²) in [6.07, 6.45) is 0.145. The summed E-state index contributed by atoms with van der Waals surface area (Å²) in [6, 6.07) is 0. The van der Waals surface area contributed by atoms with Gasteiger partial charge in [0.05, 0.1) is 10.3 Å². The molecule has 0 saturated heterocycles. The van der Waals surface area contributed by atoms with E-state index in [9.17, 15) is 17.4 Å². The van der Waals surface area contributed by atoms with Crippen LogP contribution in [0.4, 0.5) is 13.2 Å². The van der Waals surface area contributed by atoms with Crippen molar-refractivity contribution < 1.29 is 17.4 Å². The van der Waals surface area contributed by atoms with Gasteiger partial charge in [0, 0.05) is 12.7 Å². The van der Waals surface area contributed by atoms with Crippen molar-refractivity contribution >= 4 is 17.3 Å². The van der Waals surface area contributed by atoms with Crippen LogP contribution in [0.5, 0.6) is 0 Å². The first-order chi connectivity index (χ1) is 8.10. The summed E-state index contributed by atoms with van der Waals surface area (Å²) < 4.78 is 52.2. The molecule has 18 heavy (non-hydrogen) atoms. The van der Waals surface area contributed by atoms with Gasteiger partial charge in [0.1, 0.15) is 17.3 Å². The van der Waals surface area contributed by atoms with Crippen LogP contribution in [0.3, 0.4) is 0 Å². The Kier molecular flexibility index (Phi) is 4.37. The van der Waals surface area contributed by atoms with E-state index in [4.69, 9.17) is 0 Å².